The van der Waals surface area contributed by atoms with Crippen LogP contribution in [0.1, 0.15) is 0 Å². The minimum Gasteiger partial charge on any atom is -0.479 e. The first kappa shape index (κ1) is 15.9. The zero-order chi connectivity index (χ0) is 13.7. The van der Waals surface area contributed by atoms with Gasteiger partial charge in [-0.05, 0) is 0 Å². The first-order chi connectivity index (χ1) is 7.73. The van der Waals surface area contributed by atoms with Crippen molar-refractivity contribution >= 4 is 11.8 Å². The predicted octanol–water partition coefficient (Wildman–Crippen LogP) is -4.56. The Hall–Kier alpha value is -1.10. The third kappa shape index (κ3) is 4.00. The molecule has 0 aliphatic carbocycles. The first-order valence-electron chi connectivity index (χ1n) is 4.51. The number of aliphatic carboxylic acids is 1. The SMILES string of the molecule is O=C(O)C(O)C(O)C(=O)C(O)C(O)C(O)CO. The summed E-state index contributed by atoms with van der Waals surface area (Å²) in [4.78, 5) is 21.4. The third-order valence-electron chi connectivity index (χ3n) is 2.04. The Kier molecular flexibility index (Phi) is 6.16. The Bertz CT molecular complexity index is 278. The molecule has 0 amide bonds. The quantitative estimate of drug-likeness (QED) is 0.236. The van der Waals surface area contributed by atoms with Gasteiger partial charge >= 0.3 is 5.97 Å². The van der Waals surface area contributed by atoms with Gasteiger partial charge in [-0.1, -0.05) is 0 Å². The summed E-state index contributed by atoms with van der Waals surface area (Å²) in [6.45, 7) is -0.955. The molecule has 0 radical (unpaired) electrons. The Morgan fingerprint density at radius 1 is 0.882 bits per heavy atom. The van der Waals surface area contributed by atoms with E-state index in [1.54, 1.807) is 0 Å². The second-order valence-corrected chi connectivity index (χ2v) is 3.32. The van der Waals surface area contributed by atoms with Gasteiger partial charge in [-0.25, -0.2) is 4.79 Å². The molecule has 0 spiro atoms. The number of carbonyl (C=O) groups is 2. The van der Waals surface area contributed by atoms with E-state index in [0.29, 0.717) is 0 Å². The van der Waals surface area contributed by atoms with E-state index in [4.69, 9.17) is 35.7 Å². The molecule has 100 valence electrons. The standard InChI is InChI=1S/C8H14O9/c9-1-2(10)3(11)4(12)5(13)6(14)7(15)8(16)17/h2-4,6-7,9-12,14-15H,1H2,(H,16,17). The number of hydrogen-bond acceptors (Lipinski definition) is 8. The highest BCUT2D eigenvalue weighted by molar-refractivity contribution is 5.92. The number of hydrogen-bond donors (Lipinski definition) is 7. The summed E-state index contributed by atoms with van der Waals surface area (Å²) in [6, 6.07) is 0. The van der Waals surface area contributed by atoms with Crippen LogP contribution < -0.4 is 0 Å². The fraction of sp³-hybridized carbons (Fsp3) is 0.750. The van der Waals surface area contributed by atoms with E-state index in [9.17, 15) is 9.59 Å². The highest BCUT2D eigenvalue weighted by Gasteiger charge is 2.38. The first-order valence-corrected chi connectivity index (χ1v) is 4.51. The minimum atomic E-state index is -2.46. The summed E-state index contributed by atoms with van der Waals surface area (Å²) in [5, 5.41) is 61.7. The fourth-order valence-electron chi connectivity index (χ4n) is 0.952. The van der Waals surface area contributed by atoms with Crippen molar-refractivity contribution in [1.82, 2.24) is 0 Å². The monoisotopic (exact) mass is 254 g/mol. The van der Waals surface area contributed by atoms with Crippen LogP contribution in [0.15, 0.2) is 0 Å². The molecule has 0 rings (SSSR count). The van der Waals surface area contributed by atoms with E-state index >= 15 is 0 Å². The van der Waals surface area contributed by atoms with Crippen molar-refractivity contribution < 1.29 is 45.3 Å². The highest BCUT2D eigenvalue weighted by Crippen LogP contribution is 2.06. The zero-order valence-corrected chi connectivity index (χ0v) is 8.54. The van der Waals surface area contributed by atoms with Crippen LogP contribution in [0.2, 0.25) is 0 Å². The maximum Gasteiger partial charge on any atom is 0.335 e. The summed E-state index contributed by atoms with van der Waals surface area (Å²) in [5.41, 5.74) is 0. The van der Waals surface area contributed by atoms with E-state index in [1.165, 1.54) is 0 Å². The molecule has 0 aromatic heterocycles. The molecule has 0 saturated carbocycles. The molecule has 9 nitrogen and oxygen atoms in total. The van der Waals surface area contributed by atoms with Gasteiger partial charge in [0.15, 0.2) is 18.0 Å². The minimum absolute atomic E-state index is 0.955. The van der Waals surface area contributed by atoms with Crippen LogP contribution in [0.3, 0.4) is 0 Å². The molecule has 7 N–H and O–H groups in total. The highest BCUT2D eigenvalue weighted by atomic mass is 16.4. The second-order valence-electron chi connectivity index (χ2n) is 3.32. The summed E-state index contributed by atoms with van der Waals surface area (Å²) in [7, 11) is 0. The lowest BCUT2D eigenvalue weighted by Crippen LogP contribution is -2.51. The lowest BCUT2D eigenvalue weighted by atomic mass is 9.98. The number of carboxylic acids is 1. The van der Waals surface area contributed by atoms with Crippen molar-refractivity contribution in [2.24, 2.45) is 0 Å². The van der Waals surface area contributed by atoms with E-state index in [2.05, 4.69) is 0 Å². The number of aliphatic hydroxyl groups excluding tert-OH is 6. The van der Waals surface area contributed by atoms with Crippen LogP contribution in [-0.2, 0) is 9.59 Å². The molecule has 0 aromatic carbocycles. The molecule has 0 fully saturated rings. The normalized spacial score (nSPS) is 20.1. The molecule has 5 unspecified atom stereocenters. The summed E-state index contributed by atoms with van der Waals surface area (Å²) >= 11 is 0. The molecule has 0 aromatic rings. The van der Waals surface area contributed by atoms with Crippen LogP contribution in [0.5, 0.6) is 0 Å². The lowest BCUT2D eigenvalue weighted by Gasteiger charge is -2.23. The molecule has 0 heterocycles. The molecule has 0 saturated heterocycles. The maximum absolute atomic E-state index is 11.2. The van der Waals surface area contributed by atoms with Gasteiger partial charge < -0.3 is 35.7 Å². The van der Waals surface area contributed by atoms with E-state index in [-0.39, 0.29) is 0 Å². The van der Waals surface area contributed by atoms with Crippen LogP contribution in [0.4, 0.5) is 0 Å². The number of carbonyl (C=O) groups excluding carboxylic acids is 1. The Balaban J connectivity index is 4.64. The molecular formula is C8H14O9. The molecular weight excluding hydrogens is 240 g/mol. The number of Topliss-reactive ketones (excluding diaryl/α,β-unsaturated/α-hetero) is 1. The number of rotatable bonds is 7. The fourth-order valence-corrected chi connectivity index (χ4v) is 0.952. The van der Waals surface area contributed by atoms with Gasteiger partial charge in [0.25, 0.3) is 0 Å². The van der Waals surface area contributed by atoms with Crippen molar-refractivity contribution in [1.29, 1.82) is 0 Å². The largest absolute Gasteiger partial charge is 0.479 e. The topological polar surface area (TPSA) is 176 Å². The average Bonchev–Trinajstić information content (AvgIpc) is 2.32. The van der Waals surface area contributed by atoms with Crippen molar-refractivity contribution in [3.05, 3.63) is 0 Å². The van der Waals surface area contributed by atoms with Crippen LogP contribution in [0.25, 0.3) is 0 Å². The van der Waals surface area contributed by atoms with Crippen molar-refractivity contribution in [3.63, 3.8) is 0 Å². The molecule has 0 aliphatic heterocycles. The Morgan fingerprint density at radius 2 is 1.35 bits per heavy atom. The van der Waals surface area contributed by atoms with Gasteiger partial charge in [0.2, 0.25) is 0 Å². The van der Waals surface area contributed by atoms with Crippen molar-refractivity contribution in [2.75, 3.05) is 6.61 Å². The van der Waals surface area contributed by atoms with Crippen LogP contribution >= 0.6 is 0 Å². The zero-order valence-electron chi connectivity index (χ0n) is 8.54. The van der Waals surface area contributed by atoms with Crippen molar-refractivity contribution in [2.45, 2.75) is 30.5 Å². The van der Waals surface area contributed by atoms with E-state index < -0.39 is 48.9 Å². The molecule has 0 bridgehead atoms. The van der Waals surface area contributed by atoms with Crippen molar-refractivity contribution in [3.8, 4) is 0 Å². The Morgan fingerprint density at radius 3 is 1.71 bits per heavy atom. The maximum atomic E-state index is 11.2. The second kappa shape index (κ2) is 6.59. The molecule has 0 aliphatic rings. The van der Waals surface area contributed by atoms with Gasteiger partial charge in [-0.15, -0.1) is 0 Å². The third-order valence-corrected chi connectivity index (χ3v) is 2.04. The molecule has 9 heteroatoms. The summed E-state index contributed by atoms with van der Waals surface area (Å²) in [5.74, 6) is -3.48. The van der Waals surface area contributed by atoms with Crippen LogP contribution in [0, 0.1) is 0 Å². The van der Waals surface area contributed by atoms with Crippen LogP contribution in [-0.4, -0.2) is 84.6 Å². The smallest absolute Gasteiger partial charge is 0.335 e. The van der Waals surface area contributed by atoms with E-state index in [1.807, 2.05) is 0 Å². The number of carboxylic acid groups (broad SMARTS) is 1. The number of aliphatic hydroxyl groups is 6. The van der Waals surface area contributed by atoms with Gasteiger partial charge in [0.1, 0.15) is 18.3 Å². The summed E-state index contributed by atoms with van der Waals surface area (Å²) in [6.07, 6.45) is -11.2. The summed E-state index contributed by atoms with van der Waals surface area (Å²) < 4.78 is 0. The van der Waals surface area contributed by atoms with Gasteiger partial charge in [0.05, 0.1) is 6.61 Å². The molecule has 5 atom stereocenters. The average molecular weight is 254 g/mol. The van der Waals surface area contributed by atoms with E-state index in [0.717, 1.165) is 0 Å². The molecule has 17 heavy (non-hydrogen) atoms. The van der Waals surface area contributed by atoms with Gasteiger partial charge in [-0.2, -0.15) is 0 Å². The Labute approximate surface area is 95.2 Å². The number of ketones is 1. The van der Waals surface area contributed by atoms with Gasteiger partial charge in [0, 0.05) is 0 Å². The van der Waals surface area contributed by atoms with Gasteiger partial charge in [-0.3, -0.25) is 4.79 Å². The predicted molar refractivity (Wildman–Crippen MR) is 49.8 cm³/mol. The lowest BCUT2D eigenvalue weighted by molar-refractivity contribution is -0.165.